The molecule has 40 heavy (non-hydrogen) atoms. The molecule has 0 spiro atoms. The first-order valence-electron chi connectivity index (χ1n) is 13.2. The molecule has 1 fully saturated rings. The Labute approximate surface area is 232 Å². The molecule has 0 unspecified atom stereocenters. The largest absolute Gasteiger partial charge is 0.507 e. The number of nitrogens with one attached hydrogen (secondary N) is 3. The van der Waals surface area contributed by atoms with Gasteiger partial charge in [-0.05, 0) is 38.7 Å². The fourth-order valence-corrected chi connectivity index (χ4v) is 4.46. The van der Waals surface area contributed by atoms with Crippen molar-refractivity contribution in [3.63, 3.8) is 0 Å². The average Bonchev–Trinajstić information content (AvgIpc) is 3.58. The van der Waals surface area contributed by atoms with E-state index in [-0.39, 0.29) is 36.2 Å². The molecular formula is C29H35N5O6. The van der Waals surface area contributed by atoms with E-state index in [4.69, 9.17) is 14.2 Å². The molecular weight excluding hydrogens is 514 g/mol. The maximum absolute atomic E-state index is 12.6. The second-order valence-corrected chi connectivity index (χ2v) is 9.90. The zero-order valence-corrected chi connectivity index (χ0v) is 22.8. The minimum atomic E-state index is -0.425. The van der Waals surface area contributed by atoms with Crippen LogP contribution in [-0.4, -0.2) is 59.4 Å². The van der Waals surface area contributed by atoms with Gasteiger partial charge in [0.15, 0.2) is 12.4 Å². The summed E-state index contributed by atoms with van der Waals surface area (Å²) in [6.07, 6.45) is 3.22. The van der Waals surface area contributed by atoms with E-state index in [1.54, 1.807) is 12.1 Å². The van der Waals surface area contributed by atoms with Crippen LogP contribution in [0.15, 0.2) is 53.5 Å². The van der Waals surface area contributed by atoms with Crippen LogP contribution in [0.25, 0.3) is 0 Å². The third-order valence-corrected chi connectivity index (χ3v) is 6.40. The van der Waals surface area contributed by atoms with Crippen molar-refractivity contribution in [1.82, 2.24) is 15.5 Å². The van der Waals surface area contributed by atoms with Gasteiger partial charge in [0.2, 0.25) is 0 Å². The topological polar surface area (TPSA) is 147 Å². The number of rotatable bonds is 11. The molecule has 0 bridgehead atoms. The van der Waals surface area contributed by atoms with Crippen molar-refractivity contribution >= 4 is 24.0 Å². The van der Waals surface area contributed by atoms with E-state index in [2.05, 4.69) is 25.8 Å². The summed E-state index contributed by atoms with van der Waals surface area (Å²) in [7, 11) is 1.47. The maximum atomic E-state index is 12.6. The number of phenolic OH excluding ortho intramolecular Hbond substituents is 1. The van der Waals surface area contributed by atoms with E-state index in [0.29, 0.717) is 30.1 Å². The summed E-state index contributed by atoms with van der Waals surface area (Å²) in [5.41, 5.74) is 2.22. The van der Waals surface area contributed by atoms with Crippen molar-refractivity contribution in [2.75, 3.05) is 19.0 Å². The minimum absolute atomic E-state index is 0.0152. The lowest BCUT2D eigenvalue weighted by Crippen LogP contribution is -2.33. The SMILES string of the molecule is COc1cc(O)c(/C=N/Cc2ccccc2)c(OCC(=O)Nc2cc([C@H]3CC[C@@H](OC(=O)NC(C)C)C3)[nH]n2)c1. The molecule has 11 nitrogen and oxygen atoms in total. The number of carbonyl (C=O) groups is 2. The molecule has 2 atom stereocenters. The molecule has 4 N–H and O–H groups in total. The standard InChI is InChI=1S/C29H35N5O6/c1-18(2)31-29(37)40-21-10-9-20(11-21)24-14-27(34-33-24)32-28(36)17-39-26-13-22(38-3)12-25(35)23(26)16-30-15-19-7-5-4-6-8-19/h4-8,12-14,16,18,20-21,35H,9-11,15,17H2,1-3H3,(H,31,37)(H2,32,33,34,36)/b30-16+/t20-,21+/m0/s1. The number of alkyl carbamates (subject to hydrolysis) is 1. The Morgan fingerprint density at radius 1 is 1.20 bits per heavy atom. The van der Waals surface area contributed by atoms with Gasteiger partial charge in [-0.2, -0.15) is 5.10 Å². The van der Waals surface area contributed by atoms with Crippen molar-refractivity contribution in [2.24, 2.45) is 4.99 Å². The molecule has 0 saturated heterocycles. The van der Waals surface area contributed by atoms with E-state index in [1.807, 2.05) is 44.2 Å². The van der Waals surface area contributed by atoms with Crippen LogP contribution in [0, 0.1) is 0 Å². The first-order valence-corrected chi connectivity index (χ1v) is 13.2. The van der Waals surface area contributed by atoms with E-state index >= 15 is 0 Å². The molecule has 1 saturated carbocycles. The molecule has 3 aromatic rings. The number of aromatic nitrogens is 2. The normalized spacial score (nSPS) is 16.7. The molecule has 1 aliphatic carbocycles. The fourth-order valence-electron chi connectivity index (χ4n) is 4.46. The van der Waals surface area contributed by atoms with Gasteiger partial charge in [-0.25, -0.2) is 4.79 Å². The predicted octanol–water partition coefficient (Wildman–Crippen LogP) is 4.53. The number of amides is 2. The highest BCUT2D eigenvalue weighted by Gasteiger charge is 2.30. The molecule has 1 aromatic heterocycles. The van der Waals surface area contributed by atoms with E-state index in [1.165, 1.54) is 19.4 Å². The number of carbonyl (C=O) groups excluding carboxylic acids is 2. The van der Waals surface area contributed by atoms with Crippen LogP contribution >= 0.6 is 0 Å². The molecule has 212 valence electrons. The number of methoxy groups -OCH3 is 1. The van der Waals surface area contributed by atoms with Gasteiger partial charge in [0, 0.05) is 42.1 Å². The van der Waals surface area contributed by atoms with Gasteiger partial charge >= 0.3 is 6.09 Å². The van der Waals surface area contributed by atoms with Crippen LogP contribution in [0.3, 0.4) is 0 Å². The Kier molecular flexibility index (Phi) is 9.61. The number of hydrogen-bond donors (Lipinski definition) is 4. The van der Waals surface area contributed by atoms with Crippen LogP contribution in [-0.2, 0) is 16.1 Å². The summed E-state index contributed by atoms with van der Waals surface area (Å²) >= 11 is 0. The van der Waals surface area contributed by atoms with Crippen LogP contribution in [0.5, 0.6) is 17.2 Å². The van der Waals surface area contributed by atoms with Crippen molar-refractivity contribution in [2.45, 2.75) is 57.7 Å². The molecule has 0 radical (unpaired) electrons. The lowest BCUT2D eigenvalue weighted by atomic mass is 10.0. The molecule has 2 amide bonds. The minimum Gasteiger partial charge on any atom is -0.507 e. The Balaban J connectivity index is 1.32. The quantitative estimate of drug-likeness (QED) is 0.257. The smallest absolute Gasteiger partial charge is 0.407 e. The van der Waals surface area contributed by atoms with Gasteiger partial charge in [-0.3, -0.25) is 14.9 Å². The lowest BCUT2D eigenvalue weighted by Gasteiger charge is -2.14. The van der Waals surface area contributed by atoms with E-state index < -0.39 is 12.0 Å². The third-order valence-electron chi connectivity index (χ3n) is 6.40. The molecule has 11 heteroatoms. The van der Waals surface area contributed by atoms with Gasteiger partial charge in [0.05, 0.1) is 19.2 Å². The number of benzene rings is 2. The van der Waals surface area contributed by atoms with E-state index in [9.17, 15) is 14.7 Å². The highest BCUT2D eigenvalue weighted by molar-refractivity contribution is 5.92. The second-order valence-electron chi connectivity index (χ2n) is 9.90. The molecule has 4 rings (SSSR count). The van der Waals surface area contributed by atoms with Gasteiger partial charge in [-0.1, -0.05) is 30.3 Å². The van der Waals surface area contributed by atoms with Crippen molar-refractivity contribution in [3.05, 3.63) is 65.4 Å². The first kappa shape index (κ1) is 28.5. The van der Waals surface area contributed by atoms with Crippen LogP contribution in [0.2, 0.25) is 0 Å². The fraction of sp³-hybridized carbons (Fsp3) is 0.379. The summed E-state index contributed by atoms with van der Waals surface area (Å²) < 4.78 is 16.5. The summed E-state index contributed by atoms with van der Waals surface area (Å²) in [5.74, 6) is 0.637. The second kappa shape index (κ2) is 13.5. The Hall–Kier alpha value is -4.54. The van der Waals surface area contributed by atoms with Gasteiger partial charge in [0.1, 0.15) is 23.4 Å². The number of aromatic amines is 1. The van der Waals surface area contributed by atoms with Crippen molar-refractivity contribution < 1.29 is 28.9 Å². The molecule has 1 aliphatic rings. The highest BCUT2D eigenvalue weighted by atomic mass is 16.6. The molecule has 0 aliphatic heterocycles. The Morgan fingerprint density at radius 3 is 2.75 bits per heavy atom. The average molecular weight is 550 g/mol. The number of nitrogens with zero attached hydrogens (tertiary/aromatic N) is 2. The number of hydrogen-bond acceptors (Lipinski definition) is 8. The van der Waals surface area contributed by atoms with Crippen molar-refractivity contribution in [1.29, 1.82) is 0 Å². The molecule has 2 aromatic carbocycles. The molecule has 1 heterocycles. The van der Waals surface area contributed by atoms with Crippen LogP contribution < -0.4 is 20.1 Å². The number of phenols is 1. The lowest BCUT2D eigenvalue weighted by molar-refractivity contribution is -0.118. The monoisotopic (exact) mass is 549 g/mol. The summed E-state index contributed by atoms with van der Waals surface area (Å²) in [4.78, 5) is 28.9. The van der Waals surface area contributed by atoms with Crippen LogP contribution in [0.4, 0.5) is 10.6 Å². The third kappa shape index (κ3) is 7.98. The number of aromatic hydroxyl groups is 1. The zero-order chi connectivity index (χ0) is 28.5. The number of aliphatic imine (C=N–C) groups is 1. The van der Waals surface area contributed by atoms with E-state index in [0.717, 1.165) is 24.1 Å². The maximum Gasteiger partial charge on any atom is 0.407 e. The number of H-pyrrole nitrogens is 1. The summed E-state index contributed by atoms with van der Waals surface area (Å²) in [6, 6.07) is 14.5. The van der Waals surface area contributed by atoms with Crippen molar-refractivity contribution in [3.8, 4) is 17.2 Å². The summed E-state index contributed by atoms with van der Waals surface area (Å²) in [5, 5.41) is 23.1. The Bertz CT molecular complexity index is 1320. The predicted molar refractivity (Wildman–Crippen MR) is 150 cm³/mol. The van der Waals surface area contributed by atoms with Gasteiger partial charge in [0.25, 0.3) is 5.91 Å². The summed E-state index contributed by atoms with van der Waals surface area (Å²) in [6.45, 7) is 3.86. The van der Waals surface area contributed by atoms with Gasteiger partial charge < -0.3 is 30.0 Å². The Morgan fingerprint density at radius 2 is 2.00 bits per heavy atom. The first-order chi connectivity index (χ1) is 19.3. The zero-order valence-electron chi connectivity index (χ0n) is 22.8. The highest BCUT2D eigenvalue weighted by Crippen LogP contribution is 2.36. The number of anilines is 1. The van der Waals surface area contributed by atoms with Gasteiger partial charge in [-0.15, -0.1) is 0 Å². The number of ether oxygens (including phenoxy) is 3. The van der Waals surface area contributed by atoms with Crippen LogP contribution in [0.1, 0.15) is 55.8 Å².